The number of aryl methyl sites for hydroxylation is 1. The van der Waals surface area contributed by atoms with E-state index in [2.05, 4.69) is 19.2 Å². The predicted molar refractivity (Wildman–Crippen MR) is 131 cm³/mol. The summed E-state index contributed by atoms with van der Waals surface area (Å²) in [5.74, 6) is -0.307. The highest BCUT2D eigenvalue weighted by Crippen LogP contribution is 2.25. The number of carbonyl (C=O) groups excluding carboxylic acids is 3. The summed E-state index contributed by atoms with van der Waals surface area (Å²) < 4.78 is 5.28. The first kappa shape index (κ1) is 26.3. The Morgan fingerprint density at radius 3 is 2.21 bits per heavy atom. The SMILES string of the molecule is Cc1ccc(C(C)C)c(C(=O)CC[C@@H](NC(=O)CCC(=O)OC(C)(C)C)c2ccccc2)c1. The highest BCUT2D eigenvalue weighted by molar-refractivity contribution is 5.98. The molecule has 5 heteroatoms. The maximum Gasteiger partial charge on any atom is 0.306 e. The lowest BCUT2D eigenvalue weighted by Crippen LogP contribution is -2.30. The van der Waals surface area contributed by atoms with Crippen LogP contribution >= 0.6 is 0 Å². The fraction of sp³-hybridized carbons (Fsp3) is 0.464. The first-order chi connectivity index (χ1) is 15.5. The van der Waals surface area contributed by atoms with Crippen LogP contribution in [0.25, 0.3) is 0 Å². The normalized spacial score (nSPS) is 12.3. The van der Waals surface area contributed by atoms with Gasteiger partial charge in [0.2, 0.25) is 5.91 Å². The van der Waals surface area contributed by atoms with Crippen LogP contribution < -0.4 is 5.32 Å². The Hall–Kier alpha value is -2.95. The highest BCUT2D eigenvalue weighted by Gasteiger charge is 2.21. The molecule has 0 saturated heterocycles. The Labute approximate surface area is 197 Å². The van der Waals surface area contributed by atoms with Crippen molar-refractivity contribution in [3.05, 3.63) is 70.8 Å². The summed E-state index contributed by atoms with van der Waals surface area (Å²) >= 11 is 0. The Balaban J connectivity index is 2.07. The van der Waals surface area contributed by atoms with Gasteiger partial charge in [0.05, 0.1) is 12.5 Å². The summed E-state index contributed by atoms with van der Waals surface area (Å²) in [5, 5.41) is 3.01. The number of esters is 1. The van der Waals surface area contributed by atoms with Gasteiger partial charge >= 0.3 is 5.97 Å². The Morgan fingerprint density at radius 1 is 0.939 bits per heavy atom. The molecule has 0 aromatic heterocycles. The van der Waals surface area contributed by atoms with Crippen LogP contribution in [0.3, 0.4) is 0 Å². The number of hydrogen-bond donors (Lipinski definition) is 1. The van der Waals surface area contributed by atoms with E-state index in [1.54, 1.807) is 20.8 Å². The van der Waals surface area contributed by atoms with Crippen molar-refractivity contribution in [1.29, 1.82) is 0 Å². The number of Topliss-reactive ketones (excluding diaryl/α,β-unsaturated/α-hetero) is 1. The molecule has 33 heavy (non-hydrogen) atoms. The van der Waals surface area contributed by atoms with Gasteiger partial charge in [-0.05, 0) is 57.2 Å². The molecule has 5 nitrogen and oxygen atoms in total. The Bertz CT molecular complexity index is 958. The van der Waals surface area contributed by atoms with Crippen LogP contribution in [0.2, 0.25) is 0 Å². The van der Waals surface area contributed by atoms with Crippen molar-refractivity contribution in [2.75, 3.05) is 0 Å². The molecule has 0 aliphatic heterocycles. The summed E-state index contributed by atoms with van der Waals surface area (Å²) in [7, 11) is 0. The molecular formula is C28H37NO4. The van der Waals surface area contributed by atoms with E-state index >= 15 is 0 Å². The summed E-state index contributed by atoms with van der Waals surface area (Å²) in [5.41, 5.74) is 3.21. The average molecular weight is 452 g/mol. The Kier molecular flexibility index (Phi) is 9.39. The topological polar surface area (TPSA) is 72.5 Å². The predicted octanol–water partition coefficient (Wildman–Crippen LogP) is 6.06. The number of ether oxygens (including phenoxy) is 1. The molecule has 0 radical (unpaired) electrons. The molecule has 0 bridgehead atoms. The van der Waals surface area contributed by atoms with Crippen LogP contribution in [-0.4, -0.2) is 23.3 Å². The molecule has 0 unspecified atom stereocenters. The third-order valence-electron chi connectivity index (χ3n) is 5.30. The minimum Gasteiger partial charge on any atom is -0.460 e. The smallest absolute Gasteiger partial charge is 0.306 e. The molecule has 0 saturated carbocycles. The number of rotatable bonds is 10. The summed E-state index contributed by atoms with van der Waals surface area (Å²) in [4.78, 5) is 37.7. The number of benzene rings is 2. The number of hydrogen-bond acceptors (Lipinski definition) is 4. The van der Waals surface area contributed by atoms with Crippen LogP contribution in [0.1, 0.15) is 99.3 Å². The van der Waals surface area contributed by atoms with Gasteiger partial charge in [0, 0.05) is 18.4 Å². The number of ketones is 1. The van der Waals surface area contributed by atoms with E-state index < -0.39 is 11.6 Å². The lowest BCUT2D eigenvalue weighted by atomic mass is 9.90. The van der Waals surface area contributed by atoms with Crippen molar-refractivity contribution in [3.63, 3.8) is 0 Å². The largest absolute Gasteiger partial charge is 0.460 e. The van der Waals surface area contributed by atoms with Gasteiger partial charge in [-0.3, -0.25) is 14.4 Å². The zero-order valence-corrected chi connectivity index (χ0v) is 20.7. The second-order valence-electron chi connectivity index (χ2n) is 9.82. The molecule has 1 amide bonds. The number of amides is 1. The van der Waals surface area contributed by atoms with E-state index in [0.29, 0.717) is 12.8 Å². The summed E-state index contributed by atoms with van der Waals surface area (Å²) in [6.45, 7) is 11.5. The van der Waals surface area contributed by atoms with Gasteiger partial charge in [0.1, 0.15) is 5.60 Å². The van der Waals surface area contributed by atoms with E-state index in [9.17, 15) is 14.4 Å². The molecule has 2 aromatic rings. The van der Waals surface area contributed by atoms with Crippen molar-refractivity contribution in [2.24, 2.45) is 0 Å². The van der Waals surface area contributed by atoms with Crippen LogP contribution in [0, 0.1) is 6.92 Å². The van der Waals surface area contributed by atoms with E-state index in [1.807, 2.05) is 55.5 Å². The van der Waals surface area contributed by atoms with Gasteiger partial charge in [-0.25, -0.2) is 0 Å². The van der Waals surface area contributed by atoms with Crippen molar-refractivity contribution in [1.82, 2.24) is 5.32 Å². The molecule has 0 heterocycles. The second kappa shape index (κ2) is 11.8. The monoisotopic (exact) mass is 451 g/mol. The summed E-state index contributed by atoms with van der Waals surface area (Å²) in [6, 6.07) is 15.3. The van der Waals surface area contributed by atoms with E-state index in [1.165, 1.54) is 0 Å². The lowest BCUT2D eigenvalue weighted by molar-refractivity contribution is -0.155. The standard InChI is InChI=1S/C28H37NO4/c1-19(2)22-13-12-20(3)18-23(22)25(30)15-14-24(21-10-8-7-9-11-21)29-26(31)16-17-27(32)33-28(4,5)6/h7-13,18-19,24H,14-17H2,1-6H3,(H,29,31)/t24-/m1/s1. The molecule has 1 N–H and O–H groups in total. The quantitative estimate of drug-likeness (QED) is 0.352. The van der Waals surface area contributed by atoms with Crippen LogP contribution in [-0.2, 0) is 14.3 Å². The van der Waals surface area contributed by atoms with Gasteiger partial charge in [-0.1, -0.05) is 61.9 Å². The van der Waals surface area contributed by atoms with Crippen molar-refractivity contribution in [2.45, 2.75) is 84.8 Å². The Morgan fingerprint density at radius 2 is 1.61 bits per heavy atom. The third kappa shape index (κ3) is 8.83. The molecule has 0 aliphatic carbocycles. The number of carbonyl (C=O) groups is 3. The molecule has 0 aliphatic rings. The van der Waals surface area contributed by atoms with Crippen molar-refractivity contribution >= 4 is 17.7 Å². The lowest BCUT2D eigenvalue weighted by Gasteiger charge is -2.21. The molecule has 2 rings (SSSR count). The van der Waals surface area contributed by atoms with Gasteiger partial charge in [-0.2, -0.15) is 0 Å². The fourth-order valence-corrected chi connectivity index (χ4v) is 3.71. The molecule has 1 atom stereocenters. The first-order valence-corrected chi connectivity index (χ1v) is 11.7. The van der Waals surface area contributed by atoms with Gasteiger partial charge in [0.15, 0.2) is 5.78 Å². The van der Waals surface area contributed by atoms with E-state index in [0.717, 1.165) is 22.3 Å². The van der Waals surface area contributed by atoms with Crippen molar-refractivity contribution < 1.29 is 19.1 Å². The van der Waals surface area contributed by atoms with E-state index in [-0.39, 0.29) is 36.5 Å². The maximum atomic E-state index is 13.1. The molecular weight excluding hydrogens is 414 g/mol. The highest BCUT2D eigenvalue weighted by atomic mass is 16.6. The third-order valence-corrected chi connectivity index (χ3v) is 5.30. The molecule has 2 aromatic carbocycles. The zero-order valence-electron chi connectivity index (χ0n) is 20.7. The van der Waals surface area contributed by atoms with Crippen molar-refractivity contribution in [3.8, 4) is 0 Å². The van der Waals surface area contributed by atoms with Crippen LogP contribution in [0.5, 0.6) is 0 Å². The van der Waals surface area contributed by atoms with Crippen LogP contribution in [0.4, 0.5) is 0 Å². The van der Waals surface area contributed by atoms with Crippen LogP contribution in [0.15, 0.2) is 48.5 Å². The second-order valence-corrected chi connectivity index (χ2v) is 9.82. The maximum absolute atomic E-state index is 13.1. The van der Waals surface area contributed by atoms with Gasteiger partial charge < -0.3 is 10.1 Å². The minimum atomic E-state index is -0.578. The fourth-order valence-electron chi connectivity index (χ4n) is 3.71. The molecule has 0 spiro atoms. The van der Waals surface area contributed by atoms with Gasteiger partial charge in [-0.15, -0.1) is 0 Å². The van der Waals surface area contributed by atoms with Gasteiger partial charge in [0.25, 0.3) is 0 Å². The first-order valence-electron chi connectivity index (χ1n) is 11.7. The minimum absolute atomic E-state index is 0.0184. The molecule has 0 fully saturated rings. The number of nitrogens with one attached hydrogen (secondary N) is 1. The zero-order chi connectivity index (χ0) is 24.6. The molecule has 178 valence electrons. The van der Waals surface area contributed by atoms with E-state index in [4.69, 9.17) is 4.74 Å². The summed E-state index contributed by atoms with van der Waals surface area (Å²) in [6.07, 6.45) is 0.855. The average Bonchev–Trinajstić information content (AvgIpc) is 2.74.